The van der Waals surface area contributed by atoms with E-state index in [9.17, 15) is 9.59 Å². The Morgan fingerprint density at radius 3 is 1.26 bits per heavy atom. The molecule has 6 nitrogen and oxygen atoms in total. The predicted octanol–water partition coefficient (Wildman–Crippen LogP) is 9.57. The summed E-state index contributed by atoms with van der Waals surface area (Å²) in [5.74, 6) is 0.340. The molecule has 0 spiro atoms. The van der Waals surface area contributed by atoms with Crippen LogP contribution in [0, 0.1) is 0 Å². The lowest BCUT2D eigenvalue weighted by atomic mass is 10.0. The number of rotatable bonds is 8. The highest BCUT2D eigenvalue weighted by Crippen LogP contribution is 2.48. The third kappa shape index (κ3) is 5.65. The van der Waals surface area contributed by atoms with E-state index in [4.69, 9.17) is 42.1 Å². The Morgan fingerprint density at radius 2 is 0.826 bits per heavy atom. The van der Waals surface area contributed by atoms with Crippen LogP contribution in [0.25, 0.3) is 43.1 Å². The summed E-state index contributed by atoms with van der Waals surface area (Å²) < 4.78 is 23.7. The van der Waals surface area contributed by atoms with E-state index in [2.05, 4.69) is 0 Å². The molecular formula is C38H24Cl2O6. The zero-order valence-electron chi connectivity index (χ0n) is 24.2. The summed E-state index contributed by atoms with van der Waals surface area (Å²) >= 11 is 13.5. The van der Waals surface area contributed by atoms with Gasteiger partial charge in [-0.05, 0) is 35.0 Å². The average Bonchev–Trinajstić information content (AvgIpc) is 3.08. The Morgan fingerprint density at radius 1 is 0.457 bits per heavy atom. The quantitative estimate of drug-likeness (QED) is 0.0930. The zero-order valence-corrected chi connectivity index (χ0v) is 25.7. The van der Waals surface area contributed by atoms with Gasteiger partial charge in [-0.3, -0.25) is 0 Å². The van der Waals surface area contributed by atoms with Crippen molar-refractivity contribution in [2.75, 3.05) is 13.2 Å². The van der Waals surface area contributed by atoms with Gasteiger partial charge < -0.3 is 18.9 Å². The molecular weight excluding hydrogens is 623 g/mol. The standard InChI is InChI=1S/C38H24Cl2O6/c39-29-19-20-30(40)36-35(29)37(43-21-33(41)45-31-17-7-11-23-9-1-3-13-25(23)31)27-15-5-6-16-28(27)38(36)44-22-34(42)46-32-18-8-12-24-10-2-4-14-26(24)32/h1-20H,21-22H2. The molecule has 0 radical (unpaired) electrons. The highest BCUT2D eigenvalue weighted by atomic mass is 35.5. The third-order valence-electron chi connectivity index (χ3n) is 7.59. The molecule has 0 saturated heterocycles. The van der Waals surface area contributed by atoms with Crippen LogP contribution in [0.5, 0.6) is 23.0 Å². The van der Waals surface area contributed by atoms with Gasteiger partial charge in [0.2, 0.25) is 0 Å². The highest BCUT2D eigenvalue weighted by molar-refractivity contribution is 6.42. The first kappa shape index (κ1) is 29.4. The molecule has 46 heavy (non-hydrogen) atoms. The molecule has 0 amide bonds. The van der Waals surface area contributed by atoms with E-state index >= 15 is 0 Å². The van der Waals surface area contributed by atoms with Gasteiger partial charge in [0.25, 0.3) is 0 Å². The maximum Gasteiger partial charge on any atom is 0.349 e. The first-order chi connectivity index (χ1) is 22.5. The molecule has 7 aromatic carbocycles. The van der Waals surface area contributed by atoms with E-state index in [0.29, 0.717) is 54.6 Å². The van der Waals surface area contributed by atoms with Crippen LogP contribution in [-0.2, 0) is 9.59 Å². The molecule has 8 heteroatoms. The summed E-state index contributed by atoms with van der Waals surface area (Å²) in [6, 6.07) is 36.8. The molecule has 0 bridgehead atoms. The number of benzene rings is 7. The molecule has 226 valence electrons. The number of halogens is 2. The van der Waals surface area contributed by atoms with Crippen molar-refractivity contribution in [2.45, 2.75) is 0 Å². The van der Waals surface area contributed by atoms with Crippen LogP contribution in [0.2, 0.25) is 10.0 Å². The molecule has 0 aliphatic carbocycles. The minimum absolute atomic E-state index is 0.325. The van der Waals surface area contributed by atoms with Gasteiger partial charge >= 0.3 is 11.9 Å². The summed E-state index contributed by atoms with van der Waals surface area (Å²) in [4.78, 5) is 26.1. The molecule has 0 unspecified atom stereocenters. The van der Waals surface area contributed by atoms with E-state index in [-0.39, 0.29) is 0 Å². The number of carbonyl (C=O) groups excluding carboxylic acids is 2. The van der Waals surface area contributed by atoms with Crippen LogP contribution < -0.4 is 18.9 Å². The zero-order chi connectivity index (χ0) is 31.6. The van der Waals surface area contributed by atoms with Crippen LogP contribution in [0.3, 0.4) is 0 Å². The highest BCUT2D eigenvalue weighted by Gasteiger charge is 2.23. The fourth-order valence-electron chi connectivity index (χ4n) is 5.58. The van der Waals surface area contributed by atoms with E-state index in [1.165, 1.54) is 0 Å². The molecule has 0 aromatic heterocycles. The summed E-state index contributed by atoms with van der Waals surface area (Å²) in [7, 11) is 0. The van der Waals surface area contributed by atoms with Crippen LogP contribution in [0.4, 0.5) is 0 Å². The second kappa shape index (κ2) is 12.6. The molecule has 7 aromatic rings. The van der Waals surface area contributed by atoms with Gasteiger partial charge in [-0.2, -0.15) is 0 Å². The van der Waals surface area contributed by atoms with Gasteiger partial charge in [0.1, 0.15) is 23.0 Å². The molecule has 0 saturated carbocycles. The topological polar surface area (TPSA) is 71.1 Å². The van der Waals surface area contributed by atoms with Crippen molar-refractivity contribution in [3.63, 3.8) is 0 Å². The van der Waals surface area contributed by atoms with Crippen LogP contribution >= 0.6 is 23.2 Å². The fourth-order valence-corrected chi connectivity index (χ4v) is 6.07. The second-order valence-corrected chi connectivity index (χ2v) is 11.3. The normalized spacial score (nSPS) is 11.2. The summed E-state index contributed by atoms with van der Waals surface area (Å²) in [6.45, 7) is -0.800. The number of fused-ring (bicyclic) bond motifs is 4. The Kier molecular flexibility index (Phi) is 8.06. The van der Waals surface area contributed by atoms with Crippen LogP contribution in [0.1, 0.15) is 0 Å². The average molecular weight is 648 g/mol. The van der Waals surface area contributed by atoms with Crippen LogP contribution in [0.15, 0.2) is 121 Å². The van der Waals surface area contributed by atoms with Gasteiger partial charge in [-0.15, -0.1) is 0 Å². The number of hydrogen-bond donors (Lipinski definition) is 0. The largest absolute Gasteiger partial charge is 0.481 e. The van der Waals surface area contributed by atoms with E-state index in [1.54, 1.807) is 24.3 Å². The SMILES string of the molecule is O=C(COc1c2ccccc2c(OCC(=O)Oc2cccc3ccccc23)c2c(Cl)ccc(Cl)c12)Oc1cccc2ccccc12. The number of ether oxygens (including phenoxy) is 4. The first-order valence-electron chi connectivity index (χ1n) is 14.4. The lowest BCUT2D eigenvalue weighted by Gasteiger charge is -2.19. The molecule has 0 aliphatic rings. The van der Waals surface area contributed by atoms with Crippen molar-refractivity contribution in [2.24, 2.45) is 0 Å². The van der Waals surface area contributed by atoms with Crippen molar-refractivity contribution < 1.29 is 28.5 Å². The maximum atomic E-state index is 13.0. The lowest BCUT2D eigenvalue weighted by Crippen LogP contribution is -2.19. The molecule has 0 N–H and O–H groups in total. The lowest BCUT2D eigenvalue weighted by molar-refractivity contribution is -0.137. The van der Waals surface area contributed by atoms with Gasteiger partial charge in [-0.25, -0.2) is 9.59 Å². The van der Waals surface area contributed by atoms with Crippen LogP contribution in [-0.4, -0.2) is 25.2 Å². The van der Waals surface area contributed by atoms with Gasteiger partial charge in [0.05, 0.1) is 10.0 Å². The van der Waals surface area contributed by atoms with E-state index in [1.807, 2.05) is 97.1 Å². The monoisotopic (exact) mass is 646 g/mol. The molecule has 0 aliphatic heterocycles. The molecule has 0 fully saturated rings. The van der Waals surface area contributed by atoms with Crippen molar-refractivity contribution in [1.82, 2.24) is 0 Å². The van der Waals surface area contributed by atoms with Crippen molar-refractivity contribution in [1.29, 1.82) is 0 Å². The molecule has 0 atom stereocenters. The summed E-state index contributed by atoms with van der Waals surface area (Å²) in [5, 5.41) is 6.24. The predicted molar refractivity (Wildman–Crippen MR) is 182 cm³/mol. The maximum absolute atomic E-state index is 13.0. The minimum atomic E-state index is -0.594. The number of esters is 2. The summed E-state index contributed by atoms with van der Waals surface area (Å²) in [6.07, 6.45) is 0. The number of carbonyl (C=O) groups is 2. The minimum Gasteiger partial charge on any atom is -0.481 e. The second-order valence-electron chi connectivity index (χ2n) is 10.5. The molecule has 7 rings (SSSR count). The Labute approximate surface area is 273 Å². The van der Waals surface area contributed by atoms with Crippen molar-refractivity contribution in [3.05, 3.63) is 131 Å². The molecule has 0 heterocycles. The van der Waals surface area contributed by atoms with Gasteiger partial charge in [0, 0.05) is 32.3 Å². The van der Waals surface area contributed by atoms with E-state index in [0.717, 1.165) is 21.5 Å². The third-order valence-corrected chi connectivity index (χ3v) is 8.22. The fraction of sp³-hybridized carbons (Fsp3) is 0.0526. The Hall–Kier alpha value is -5.30. The Balaban J connectivity index is 1.20. The van der Waals surface area contributed by atoms with Gasteiger partial charge in [-0.1, -0.05) is 120 Å². The smallest absolute Gasteiger partial charge is 0.349 e. The summed E-state index contributed by atoms with van der Waals surface area (Å²) in [5.41, 5.74) is 0. The number of hydrogen-bond acceptors (Lipinski definition) is 6. The van der Waals surface area contributed by atoms with Gasteiger partial charge in [0.15, 0.2) is 13.2 Å². The van der Waals surface area contributed by atoms with Crippen molar-refractivity contribution >= 4 is 78.2 Å². The van der Waals surface area contributed by atoms with E-state index < -0.39 is 25.2 Å². The first-order valence-corrected chi connectivity index (χ1v) is 15.2. The Bertz CT molecular complexity index is 2130. The van der Waals surface area contributed by atoms with Crippen molar-refractivity contribution in [3.8, 4) is 23.0 Å².